The monoisotopic (exact) mass is 382 g/mol. The van der Waals surface area contributed by atoms with Gasteiger partial charge in [-0.3, -0.25) is 4.79 Å². The minimum absolute atomic E-state index is 0.0776. The summed E-state index contributed by atoms with van der Waals surface area (Å²) in [7, 11) is -2.61. The Bertz CT molecular complexity index is 713. The molecule has 27 heavy (non-hydrogen) atoms. The highest BCUT2D eigenvalue weighted by Crippen LogP contribution is 2.39. The molecule has 0 bridgehead atoms. The summed E-state index contributed by atoms with van der Waals surface area (Å²) in [5.41, 5.74) is 0. The van der Waals surface area contributed by atoms with E-state index in [1.54, 1.807) is 0 Å². The third kappa shape index (κ3) is 3.87. The van der Waals surface area contributed by atoms with Crippen LogP contribution in [-0.4, -0.2) is 26.5 Å². The van der Waals surface area contributed by atoms with Gasteiger partial charge in [-0.05, 0) is 28.3 Å². The Labute approximate surface area is 163 Å². The number of rotatable bonds is 6. The lowest BCUT2D eigenvalue weighted by atomic mass is 10.1. The Balaban J connectivity index is 2.12. The van der Waals surface area contributed by atoms with Gasteiger partial charge >= 0.3 is 5.97 Å². The molecular weight excluding hydrogens is 352 g/mol. The van der Waals surface area contributed by atoms with Gasteiger partial charge in [0.2, 0.25) is 0 Å². The molecular formula is C23H30O3Si. The number of benzene rings is 2. The van der Waals surface area contributed by atoms with Gasteiger partial charge in [0.15, 0.2) is 0 Å². The van der Waals surface area contributed by atoms with Crippen molar-refractivity contribution in [2.24, 2.45) is 0 Å². The molecule has 0 N–H and O–H groups in total. The van der Waals surface area contributed by atoms with Gasteiger partial charge in [-0.15, -0.1) is 0 Å². The third-order valence-corrected chi connectivity index (χ3v) is 10.5. The van der Waals surface area contributed by atoms with Crippen molar-refractivity contribution in [1.29, 1.82) is 0 Å². The van der Waals surface area contributed by atoms with Crippen LogP contribution in [0, 0.1) is 0 Å². The van der Waals surface area contributed by atoms with Gasteiger partial charge in [0.05, 0.1) is 6.10 Å². The van der Waals surface area contributed by atoms with E-state index in [1.807, 2.05) is 12.1 Å². The van der Waals surface area contributed by atoms with Gasteiger partial charge in [0.1, 0.15) is 6.10 Å². The van der Waals surface area contributed by atoms with Crippen molar-refractivity contribution < 1.29 is 14.0 Å². The highest BCUT2D eigenvalue weighted by Gasteiger charge is 2.52. The maximum atomic E-state index is 11.7. The largest absolute Gasteiger partial charge is 0.460 e. The number of carbonyl (C=O) groups excluding carboxylic acids is 1. The Morgan fingerprint density at radius 2 is 1.56 bits per heavy atom. The molecule has 0 saturated carbocycles. The summed E-state index contributed by atoms with van der Waals surface area (Å²) in [4.78, 5) is 11.7. The molecule has 0 aliphatic carbocycles. The van der Waals surface area contributed by atoms with Crippen LogP contribution in [0.15, 0.2) is 60.7 Å². The topological polar surface area (TPSA) is 35.5 Å². The van der Waals surface area contributed by atoms with E-state index in [-0.39, 0.29) is 23.2 Å². The first-order chi connectivity index (χ1) is 12.9. The second-order valence-electron chi connectivity index (χ2n) is 8.29. The average Bonchev–Trinajstić information content (AvgIpc) is 3.09. The molecule has 0 radical (unpaired) electrons. The first-order valence-corrected chi connectivity index (χ1v) is 11.8. The molecule has 1 aliphatic heterocycles. The van der Waals surface area contributed by atoms with Crippen LogP contribution in [0.1, 0.15) is 47.0 Å². The van der Waals surface area contributed by atoms with E-state index in [4.69, 9.17) is 9.16 Å². The number of ether oxygens (including phenoxy) is 1. The maximum absolute atomic E-state index is 11.7. The average molecular weight is 383 g/mol. The number of hydrogen-bond acceptors (Lipinski definition) is 3. The van der Waals surface area contributed by atoms with Crippen molar-refractivity contribution in [2.45, 2.75) is 64.2 Å². The SMILES string of the molecule is CC[C@H](O[Si](c1ccccc1)(c1ccccc1)C(C)(C)C)[C@@H]1CCC(=O)O1. The first-order valence-electron chi connectivity index (χ1n) is 9.87. The smallest absolute Gasteiger partial charge is 0.306 e. The zero-order valence-electron chi connectivity index (χ0n) is 16.8. The molecule has 2 aromatic carbocycles. The van der Waals surface area contributed by atoms with E-state index in [9.17, 15) is 4.79 Å². The summed E-state index contributed by atoms with van der Waals surface area (Å²) < 4.78 is 12.7. The fourth-order valence-electron chi connectivity index (χ4n) is 4.15. The summed E-state index contributed by atoms with van der Waals surface area (Å²) in [6.45, 7) is 8.93. The quantitative estimate of drug-likeness (QED) is 0.559. The molecule has 1 fully saturated rings. The molecule has 3 nitrogen and oxygen atoms in total. The standard InChI is InChI=1S/C23H30O3Si/c1-5-20(21-16-17-22(24)25-21)26-27(23(2,3)4,18-12-8-6-9-13-18)19-14-10-7-11-15-19/h6-15,20-21H,5,16-17H2,1-4H3/t20-,21-/m0/s1. The lowest BCUT2D eigenvalue weighted by molar-refractivity contribution is -0.144. The van der Waals surface area contributed by atoms with Crippen LogP contribution in [0.2, 0.25) is 5.04 Å². The van der Waals surface area contributed by atoms with Crippen molar-refractivity contribution >= 4 is 24.7 Å². The molecule has 1 heterocycles. The van der Waals surface area contributed by atoms with E-state index in [2.05, 4.69) is 76.2 Å². The first kappa shape index (κ1) is 19.8. The predicted octanol–water partition coefficient (Wildman–Crippen LogP) is 4.05. The van der Waals surface area contributed by atoms with Crippen LogP contribution in [0.25, 0.3) is 0 Å². The minimum Gasteiger partial charge on any atom is -0.460 e. The van der Waals surface area contributed by atoms with Crippen LogP contribution in [0.5, 0.6) is 0 Å². The third-order valence-electron chi connectivity index (χ3n) is 5.48. The van der Waals surface area contributed by atoms with Crippen LogP contribution in [0.4, 0.5) is 0 Å². The van der Waals surface area contributed by atoms with Crippen LogP contribution >= 0.6 is 0 Å². The van der Waals surface area contributed by atoms with E-state index < -0.39 is 8.32 Å². The summed E-state index contributed by atoms with van der Waals surface area (Å²) in [6, 6.07) is 21.2. The van der Waals surface area contributed by atoms with Crippen molar-refractivity contribution in [3.8, 4) is 0 Å². The highest BCUT2D eigenvalue weighted by atomic mass is 28.4. The Morgan fingerprint density at radius 3 is 1.93 bits per heavy atom. The van der Waals surface area contributed by atoms with Crippen LogP contribution in [0.3, 0.4) is 0 Å². The van der Waals surface area contributed by atoms with Crippen molar-refractivity contribution in [3.05, 3.63) is 60.7 Å². The molecule has 1 saturated heterocycles. The molecule has 2 aromatic rings. The van der Waals surface area contributed by atoms with Gasteiger partial charge < -0.3 is 9.16 Å². The second kappa shape index (κ2) is 7.99. The Kier molecular flexibility index (Phi) is 5.87. The molecule has 1 aliphatic rings. The van der Waals surface area contributed by atoms with Crippen LogP contribution in [-0.2, 0) is 14.0 Å². The van der Waals surface area contributed by atoms with E-state index in [0.717, 1.165) is 12.8 Å². The number of hydrogen-bond donors (Lipinski definition) is 0. The van der Waals surface area contributed by atoms with Gasteiger partial charge in [0.25, 0.3) is 8.32 Å². The minimum atomic E-state index is -2.61. The summed E-state index contributed by atoms with van der Waals surface area (Å²) in [6.07, 6.45) is 1.82. The lowest BCUT2D eigenvalue weighted by Gasteiger charge is -2.45. The zero-order chi connectivity index (χ0) is 19.5. The molecule has 0 unspecified atom stereocenters. The zero-order valence-corrected chi connectivity index (χ0v) is 17.8. The fourth-order valence-corrected chi connectivity index (χ4v) is 8.94. The van der Waals surface area contributed by atoms with Gasteiger partial charge in [-0.1, -0.05) is 88.4 Å². The number of carbonyl (C=O) groups is 1. The summed E-state index contributed by atoms with van der Waals surface area (Å²) in [5, 5.41) is 2.43. The predicted molar refractivity (Wildman–Crippen MR) is 112 cm³/mol. The Morgan fingerprint density at radius 1 is 1.04 bits per heavy atom. The van der Waals surface area contributed by atoms with Crippen LogP contribution < -0.4 is 10.4 Å². The van der Waals surface area contributed by atoms with Crippen molar-refractivity contribution in [1.82, 2.24) is 0 Å². The van der Waals surface area contributed by atoms with E-state index >= 15 is 0 Å². The Hall–Kier alpha value is -1.91. The fraction of sp³-hybridized carbons (Fsp3) is 0.435. The van der Waals surface area contributed by atoms with Crippen molar-refractivity contribution in [2.75, 3.05) is 0 Å². The van der Waals surface area contributed by atoms with E-state index in [1.165, 1.54) is 10.4 Å². The van der Waals surface area contributed by atoms with E-state index in [0.29, 0.717) is 6.42 Å². The molecule has 0 spiro atoms. The number of cyclic esters (lactones) is 1. The van der Waals surface area contributed by atoms with Gasteiger partial charge in [0, 0.05) is 6.42 Å². The molecule has 0 amide bonds. The van der Waals surface area contributed by atoms with Gasteiger partial charge in [-0.2, -0.15) is 0 Å². The lowest BCUT2D eigenvalue weighted by Crippen LogP contribution is -2.68. The molecule has 144 valence electrons. The number of esters is 1. The molecule has 0 aromatic heterocycles. The molecule has 2 atom stereocenters. The summed E-state index contributed by atoms with van der Waals surface area (Å²) in [5.74, 6) is -0.107. The normalized spacial score (nSPS) is 19.0. The molecule has 4 heteroatoms. The van der Waals surface area contributed by atoms with Crippen molar-refractivity contribution in [3.63, 3.8) is 0 Å². The highest BCUT2D eigenvalue weighted by molar-refractivity contribution is 6.99. The van der Waals surface area contributed by atoms with Gasteiger partial charge in [-0.25, -0.2) is 0 Å². The maximum Gasteiger partial charge on any atom is 0.306 e. The second-order valence-corrected chi connectivity index (χ2v) is 12.5. The molecule has 3 rings (SSSR count). The summed E-state index contributed by atoms with van der Waals surface area (Å²) >= 11 is 0.